The smallest absolute Gasteiger partial charge is 0.334 e. The Kier molecular flexibility index (Phi) is 8.27. The first kappa shape index (κ1) is 24.6. The van der Waals surface area contributed by atoms with Gasteiger partial charge in [-0.2, -0.15) is 5.06 Å². The Morgan fingerprint density at radius 3 is 2.22 bits per heavy atom. The van der Waals surface area contributed by atoms with Gasteiger partial charge in [0.2, 0.25) is 0 Å². The van der Waals surface area contributed by atoms with Crippen molar-refractivity contribution in [2.75, 3.05) is 40.5 Å². The Balaban J connectivity index is 1.94. The van der Waals surface area contributed by atoms with Crippen molar-refractivity contribution in [3.05, 3.63) is 34.4 Å². The van der Waals surface area contributed by atoms with Crippen molar-refractivity contribution >= 4 is 11.9 Å². The minimum atomic E-state index is -1.19. The number of carbonyl (C=O) groups is 2. The van der Waals surface area contributed by atoms with E-state index in [1.807, 2.05) is 20.8 Å². The third-order valence-corrected chi connectivity index (χ3v) is 6.58. The molecule has 2 saturated heterocycles. The van der Waals surface area contributed by atoms with Gasteiger partial charge in [-0.25, -0.2) is 9.86 Å². The molecule has 0 unspecified atom stereocenters. The fourth-order valence-electron chi connectivity index (χ4n) is 4.76. The molecule has 0 atom stereocenters. The van der Waals surface area contributed by atoms with Crippen molar-refractivity contribution in [2.45, 2.75) is 64.5 Å². The highest BCUT2D eigenvalue weighted by molar-refractivity contribution is 5.88. The van der Waals surface area contributed by atoms with Crippen LogP contribution in [0.4, 0.5) is 0 Å². The molecule has 32 heavy (non-hydrogen) atoms. The number of hydroxylamine groups is 4. The molecule has 2 fully saturated rings. The number of esters is 1. The Labute approximate surface area is 190 Å². The van der Waals surface area contributed by atoms with Crippen molar-refractivity contribution in [3.8, 4) is 0 Å². The van der Waals surface area contributed by atoms with Crippen LogP contribution in [0.15, 0.2) is 12.1 Å². The summed E-state index contributed by atoms with van der Waals surface area (Å²) in [5.74, 6) is -0.686. The molecule has 3 rings (SSSR count). The second kappa shape index (κ2) is 10.7. The molecular weight excluding hydrogens is 412 g/mol. The number of piperidine rings is 1. The number of hydrogen-bond donors (Lipinski definition) is 0. The van der Waals surface area contributed by atoms with Crippen LogP contribution < -0.4 is 0 Å². The van der Waals surface area contributed by atoms with Gasteiger partial charge in [-0.05, 0) is 63.1 Å². The maximum atomic E-state index is 13.8. The Bertz CT molecular complexity index is 790. The molecule has 0 radical (unpaired) electrons. The lowest BCUT2D eigenvalue weighted by molar-refractivity contribution is -0.270. The van der Waals surface area contributed by atoms with Crippen molar-refractivity contribution < 1.29 is 28.7 Å². The number of nitrogens with zero attached hydrogens (tertiary/aromatic N) is 2. The average Bonchev–Trinajstić information content (AvgIpc) is 2.79. The molecule has 0 aliphatic carbocycles. The summed E-state index contributed by atoms with van der Waals surface area (Å²) in [6, 6.07) is 4.15. The fourth-order valence-corrected chi connectivity index (χ4v) is 4.76. The van der Waals surface area contributed by atoms with Gasteiger partial charge < -0.3 is 14.3 Å². The van der Waals surface area contributed by atoms with Crippen LogP contribution in [0.25, 0.3) is 0 Å². The van der Waals surface area contributed by atoms with E-state index in [0.29, 0.717) is 52.0 Å². The Hall–Kier alpha value is -2.00. The number of ether oxygens (including phenoxy) is 2. The molecule has 2 heterocycles. The van der Waals surface area contributed by atoms with Crippen LogP contribution in [0.2, 0.25) is 0 Å². The lowest BCUT2D eigenvalue weighted by atomic mass is 9.86. The third kappa shape index (κ3) is 5.31. The normalized spacial score (nSPS) is 19.5. The van der Waals surface area contributed by atoms with E-state index in [2.05, 4.69) is 12.1 Å². The molecule has 0 bridgehead atoms. The number of hydrogen-bond acceptors (Lipinski definition) is 7. The zero-order valence-electron chi connectivity index (χ0n) is 19.9. The lowest BCUT2D eigenvalue weighted by Crippen LogP contribution is -2.63. The number of benzene rings is 1. The van der Waals surface area contributed by atoms with Crippen molar-refractivity contribution in [1.29, 1.82) is 0 Å². The second-order valence-corrected chi connectivity index (χ2v) is 8.79. The molecule has 8 heteroatoms. The number of methoxy groups -OCH3 is 1. The second-order valence-electron chi connectivity index (χ2n) is 8.79. The van der Waals surface area contributed by atoms with E-state index in [0.717, 1.165) is 22.3 Å². The van der Waals surface area contributed by atoms with Gasteiger partial charge in [0.15, 0.2) is 5.54 Å². The SMILES string of the molecule is COC(=O)C1(N(OC2CCOCC2)C(=O)Cc2c(C)cc(C)cc2C)CCN(OC)CC1. The average molecular weight is 449 g/mol. The van der Waals surface area contributed by atoms with Crippen LogP contribution in [0, 0.1) is 20.8 Å². The van der Waals surface area contributed by atoms with E-state index >= 15 is 0 Å². The maximum absolute atomic E-state index is 13.8. The third-order valence-electron chi connectivity index (χ3n) is 6.58. The maximum Gasteiger partial charge on any atom is 0.334 e. The molecule has 2 aliphatic heterocycles. The molecule has 8 nitrogen and oxygen atoms in total. The van der Waals surface area contributed by atoms with Crippen LogP contribution in [0.1, 0.15) is 47.9 Å². The zero-order chi connectivity index (χ0) is 23.3. The molecule has 178 valence electrons. The van der Waals surface area contributed by atoms with E-state index in [-0.39, 0.29) is 18.4 Å². The number of aryl methyl sites for hydroxylation is 3. The summed E-state index contributed by atoms with van der Waals surface area (Å²) < 4.78 is 10.6. The van der Waals surface area contributed by atoms with Gasteiger partial charge in [-0.15, -0.1) is 0 Å². The van der Waals surface area contributed by atoms with Gasteiger partial charge >= 0.3 is 5.97 Å². The van der Waals surface area contributed by atoms with E-state index in [4.69, 9.17) is 19.1 Å². The van der Waals surface area contributed by atoms with Gasteiger partial charge in [0, 0.05) is 26.3 Å². The number of rotatable bonds is 7. The molecule has 1 aromatic carbocycles. The van der Waals surface area contributed by atoms with Crippen LogP contribution in [-0.2, 0) is 35.2 Å². The first-order valence-electron chi connectivity index (χ1n) is 11.3. The monoisotopic (exact) mass is 448 g/mol. The predicted molar refractivity (Wildman–Crippen MR) is 119 cm³/mol. The summed E-state index contributed by atoms with van der Waals surface area (Å²) in [7, 11) is 2.97. The van der Waals surface area contributed by atoms with Crippen molar-refractivity contribution in [2.24, 2.45) is 0 Å². The highest BCUT2D eigenvalue weighted by Crippen LogP contribution is 2.34. The van der Waals surface area contributed by atoms with E-state index < -0.39 is 11.5 Å². The number of amides is 1. The van der Waals surface area contributed by atoms with Crippen molar-refractivity contribution in [3.63, 3.8) is 0 Å². The van der Waals surface area contributed by atoms with Gasteiger partial charge in [0.05, 0.1) is 26.7 Å². The highest BCUT2D eigenvalue weighted by atomic mass is 16.7. The first-order chi connectivity index (χ1) is 15.3. The van der Waals surface area contributed by atoms with Gasteiger partial charge in [-0.1, -0.05) is 17.7 Å². The largest absolute Gasteiger partial charge is 0.467 e. The van der Waals surface area contributed by atoms with E-state index in [1.54, 1.807) is 12.2 Å². The highest BCUT2D eigenvalue weighted by Gasteiger charge is 2.51. The fraction of sp³-hybridized carbons (Fsp3) is 0.667. The van der Waals surface area contributed by atoms with Gasteiger partial charge in [0.1, 0.15) is 0 Å². The molecule has 2 aliphatic rings. The standard InChI is InChI=1S/C24H36N2O6/c1-17-14-18(2)21(19(3)15-17)16-22(27)26(32-20-6-12-31-13-7-20)24(23(28)29-4)8-10-25(30-5)11-9-24/h14-15,20H,6-13,16H2,1-5H3. The topological polar surface area (TPSA) is 77.5 Å². The quantitative estimate of drug-likeness (QED) is 0.469. The minimum absolute atomic E-state index is 0.161. The summed E-state index contributed by atoms with van der Waals surface area (Å²) in [5.41, 5.74) is 3.05. The zero-order valence-corrected chi connectivity index (χ0v) is 19.9. The summed E-state index contributed by atoms with van der Waals surface area (Å²) in [4.78, 5) is 38.5. The predicted octanol–water partition coefficient (Wildman–Crippen LogP) is 2.66. The van der Waals surface area contributed by atoms with Crippen LogP contribution in [0.3, 0.4) is 0 Å². The molecule has 1 amide bonds. The van der Waals surface area contributed by atoms with Crippen LogP contribution in [-0.4, -0.2) is 74.2 Å². The molecule has 0 saturated carbocycles. The molecule has 1 aromatic rings. The molecule has 0 aromatic heterocycles. The number of carbonyl (C=O) groups excluding carboxylic acids is 2. The molecule has 0 N–H and O–H groups in total. The summed E-state index contributed by atoms with van der Waals surface area (Å²) >= 11 is 0. The minimum Gasteiger partial charge on any atom is -0.467 e. The van der Waals surface area contributed by atoms with Gasteiger partial charge in [0.25, 0.3) is 5.91 Å². The summed E-state index contributed by atoms with van der Waals surface area (Å²) in [6.07, 6.45) is 2.06. The van der Waals surface area contributed by atoms with Gasteiger partial charge in [-0.3, -0.25) is 9.63 Å². The summed E-state index contributed by atoms with van der Waals surface area (Å²) in [5, 5.41) is 3.13. The van der Waals surface area contributed by atoms with Crippen LogP contribution >= 0.6 is 0 Å². The molecule has 0 spiro atoms. The Morgan fingerprint density at radius 1 is 1.09 bits per heavy atom. The Morgan fingerprint density at radius 2 is 1.69 bits per heavy atom. The van der Waals surface area contributed by atoms with E-state index in [1.165, 1.54) is 12.2 Å². The van der Waals surface area contributed by atoms with Crippen molar-refractivity contribution in [1.82, 2.24) is 10.1 Å². The first-order valence-corrected chi connectivity index (χ1v) is 11.3. The summed E-state index contributed by atoms with van der Waals surface area (Å²) in [6.45, 7) is 8.21. The van der Waals surface area contributed by atoms with Crippen LogP contribution in [0.5, 0.6) is 0 Å². The lowest BCUT2D eigenvalue weighted by Gasteiger charge is -2.46. The van der Waals surface area contributed by atoms with E-state index in [9.17, 15) is 9.59 Å². The molecular formula is C24H36N2O6.